The van der Waals surface area contributed by atoms with E-state index < -0.39 is 5.91 Å². The third-order valence-corrected chi connectivity index (χ3v) is 3.56. The van der Waals surface area contributed by atoms with Gasteiger partial charge >= 0.3 is 0 Å². The van der Waals surface area contributed by atoms with Gasteiger partial charge in [-0.1, -0.05) is 29.3 Å². The molecule has 1 amide bonds. The van der Waals surface area contributed by atoms with Gasteiger partial charge in [-0.25, -0.2) is 0 Å². The van der Waals surface area contributed by atoms with E-state index >= 15 is 0 Å². The lowest BCUT2D eigenvalue weighted by Crippen LogP contribution is -2.34. The van der Waals surface area contributed by atoms with Crippen molar-refractivity contribution in [1.29, 1.82) is 0 Å². The highest BCUT2D eigenvalue weighted by atomic mass is 35.5. The maximum atomic E-state index is 12.1. The van der Waals surface area contributed by atoms with Crippen molar-refractivity contribution in [1.82, 2.24) is 5.32 Å². The summed E-state index contributed by atoms with van der Waals surface area (Å²) in [5.41, 5.74) is 1.60. The molecule has 22 heavy (non-hydrogen) atoms. The van der Waals surface area contributed by atoms with E-state index in [1.54, 1.807) is 18.2 Å². The first kappa shape index (κ1) is 16.5. The summed E-state index contributed by atoms with van der Waals surface area (Å²) in [5.74, 6) is -0.432. The highest BCUT2D eigenvalue weighted by Crippen LogP contribution is 2.24. The fourth-order valence-electron chi connectivity index (χ4n) is 1.75. The molecule has 2 rings (SSSR count). The maximum absolute atomic E-state index is 12.1. The van der Waals surface area contributed by atoms with Crippen molar-refractivity contribution >= 4 is 52.1 Å². The Labute approximate surface area is 143 Å². The molecule has 0 unspecified atom stereocenters. The van der Waals surface area contributed by atoms with Gasteiger partial charge in [-0.05, 0) is 55.0 Å². The zero-order valence-electron chi connectivity index (χ0n) is 11.5. The number of aromatic hydroxyl groups is 1. The molecule has 0 atom stereocenters. The van der Waals surface area contributed by atoms with Gasteiger partial charge in [0.2, 0.25) is 0 Å². The smallest absolute Gasteiger partial charge is 0.258 e. The van der Waals surface area contributed by atoms with Crippen LogP contribution in [0.25, 0.3) is 0 Å². The van der Waals surface area contributed by atoms with Crippen LogP contribution in [0.2, 0.25) is 10.0 Å². The average Bonchev–Trinajstić information content (AvgIpc) is 2.42. The van der Waals surface area contributed by atoms with Gasteiger partial charge in [0.1, 0.15) is 5.75 Å². The highest BCUT2D eigenvalue weighted by molar-refractivity contribution is 7.80. The number of nitrogens with one attached hydrogen (secondary N) is 2. The summed E-state index contributed by atoms with van der Waals surface area (Å²) in [6.07, 6.45) is 0. The summed E-state index contributed by atoms with van der Waals surface area (Å²) in [6.45, 7) is 1.87. The van der Waals surface area contributed by atoms with E-state index in [9.17, 15) is 9.90 Å². The second-order valence-corrected chi connectivity index (χ2v) is 5.80. The Bertz CT molecular complexity index is 750. The summed E-state index contributed by atoms with van der Waals surface area (Å²) in [5, 5.41) is 15.7. The van der Waals surface area contributed by atoms with E-state index in [-0.39, 0.29) is 21.4 Å². The van der Waals surface area contributed by atoms with Gasteiger partial charge in [0.15, 0.2) is 5.11 Å². The number of benzene rings is 2. The van der Waals surface area contributed by atoms with Crippen LogP contribution in [-0.2, 0) is 0 Å². The minimum atomic E-state index is -0.466. The number of hydrogen-bond donors (Lipinski definition) is 3. The Morgan fingerprint density at radius 2 is 1.91 bits per heavy atom. The molecule has 0 heterocycles. The monoisotopic (exact) mass is 354 g/mol. The van der Waals surface area contributed by atoms with Crippen molar-refractivity contribution in [3.8, 4) is 5.75 Å². The number of carbonyl (C=O) groups is 1. The third kappa shape index (κ3) is 4.10. The molecule has 4 nitrogen and oxygen atoms in total. The highest BCUT2D eigenvalue weighted by Gasteiger charge is 2.13. The number of halogens is 2. The number of phenolic OH excluding ortho intramolecular Hbond substituents is 1. The van der Waals surface area contributed by atoms with Gasteiger partial charge in [-0.15, -0.1) is 0 Å². The topological polar surface area (TPSA) is 61.4 Å². The molecule has 0 spiro atoms. The van der Waals surface area contributed by atoms with Crippen LogP contribution in [0, 0.1) is 6.92 Å². The largest absolute Gasteiger partial charge is 0.506 e. The number of hydrogen-bond acceptors (Lipinski definition) is 3. The van der Waals surface area contributed by atoms with Crippen LogP contribution in [0.15, 0.2) is 36.4 Å². The second kappa shape index (κ2) is 6.96. The molecule has 2 aromatic carbocycles. The van der Waals surface area contributed by atoms with Crippen molar-refractivity contribution < 1.29 is 9.90 Å². The predicted octanol–water partition coefficient (Wildman–Crippen LogP) is 4.13. The lowest BCUT2D eigenvalue weighted by molar-refractivity contribution is 0.0978. The summed E-state index contributed by atoms with van der Waals surface area (Å²) in [4.78, 5) is 12.1. The van der Waals surface area contributed by atoms with Crippen molar-refractivity contribution in [2.24, 2.45) is 0 Å². The van der Waals surface area contributed by atoms with E-state index in [1.807, 2.05) is 6.92 Å². The maximum Gasteiger partial charge on any atom is 0.258 e. The van der Waals surface area contributed by atoms with Crippen LogP contribution in [-0.4, -0.2) is 16.1 Å². The first-order valence-electron chi connectivity index (χ1n) is 6.24. The third-order valence-electron chi connectivity index (χ3n) is 2.80. The number of rotatable bonds is 2. The van der Waals surface area contributed by atoms with Crippen LogP contribution < -0.4 is 10.6 Å². The molecule has 0 fully saturated rings. The van der Waals surface area contributed by atoms with E-state index in [0.29, 0.717) is 10.7 Å². The second-order valence-electron chi connectivity index (χ2n) is 4.55. The van der Waals surface area contributed by atoms with Crippen molar-refractivity contribution in [3.63, 3.8) is 0 Å². The quantitative estimate of drug-likeness (QED) is 0.560. The SMILES string of the molecule is Cc1ccc(O)c(NC(=S)NC(=O)c2ccc(Cl)cc2Cl)c1. The zero-order chi connectivity index (χ0) is 16.3. The lowest BCUT2D eigenvalue weighted by atomic mass is 10.2. The minimum absolute atomic E-state index is 0.0340. The van der Waals surface area contributed by atoms with Gasteiger partial charge in [0, 0.05) is 5.02 Å². The van der Waals surface area contributed by atoms with Crippen LogP contribution in [0.5, 0.6) is 5.75 Å². The Hall–Kier alpha value is -1.82. The van der Waals surface area contributed by atoms with Gasteiger partial charge in [0.25, 0.3) is 5.91 Å². The number of thiocarbonyl (C=S) groups is 1. The van der Waals surface area contributed by atoms with Gasteiger partial charge in [0.05, 0.1) is 16.3 Å². The first-order valence-corrected chi connectivity index (χ1v) is 7.40. The summed E-state index contributed by atoms with van der Waals surface area (Å²) in [6, 6.07) is 9.55. The number of aryl methyl sites for hydroxylation is 1. The zero-order valence-corrected chi connectivity index (χ0v) is 13.8. The van der Waals surface area contributed by atoms with Crippen LogP contribution in [0.4, 0.5) is 5.69 Å². The Balaban J connectivity index is 2.08. The van der Waals surface area contributed by atoms with Crippen LogP contribution >= 0.6 is 35.4 Å². The molecule has 0 bridgehead atoms. The molecule has 0 aliphatic heterocycles. The minimum Gasteiger partial charge on any atom is -0.506 e. The number of phenols is 1. The van der Waals surface area contributed by atoms with Gasteiger partial charge in [-0.2, -0.15) is 0 Å². The summed E-state index contributed by atoms with van der Waals surface area (Å²) < 4.78 is 0. The Kier molecular flexibility index (Phi) is 5.24. The number of anilines is 1. The molecule has 0 aliphatic rings. The summed E-state index contributed by atoms with van der Waals surface area (Å²) in [7, 11) is 0. The lowest BCUT2D eigenvalue weighted by Gasteiger charge is -2.12. The van der Waals surface area contributed by atoms with Crippen molar-refractivity contribution in [2.45, 2.75) is 6.92 Å². The Morgan fingerprint density at radius 3 is 2.59 bits per heavy atom. The Morgan fingerprint density at radius 1 is 1.18 bits per heavy atom. The van der Waals surface area contributed by atoms with Crippen molar-refractivity contribution in [3.05, 3.63) is 57.6 Å². The average molecular weight is 355 g/mol. The predicted molar refractivity (Wildman–Crippen MR) is 93.0 cm³/mol. The molecule has 3 N–H and O–H groups in total. The summed E-state index contributed by atoms with van der Waals surface area (Å²) >= 11 is 16.8. The molecule has 7 heteroatoms. The van der Waals surface area contributed by atoms with Gasteiger partial charge in [-0.3, -0.25) is 10.1 Å². The van der Waals surface area contributed by atoms with Gasteiger partial charge < -0.3 is 10.4 Å². The van der Waals surface area contributed by atoms with E-state index in [4.69, 9.17) is 35.4 Å². The standard InChI is InChI=1S/C15H12Cl2N2O2S/c1-8-2-5-13(20)12(6-8)18-15(22)19-14(21)10-4-3-9(16)7-11(10)17/h2-7,20H,1H3,(H2,18,19,21,22). The first-order chi connectivity index (χ1) is 10.4. The fraction of sp³-hybridized carbons (Fsp3) is 0.0667. The normalized spacial score (nSPS) is 10.1. The molecular weight excluding hydrogens is 343 g/mol. The number of amides is 1. The van der Waals surface area contributed by atoms with Crippen LogP contribution in [0.3, 0.4) is 0 Å². The molecule has 2 aromatic rings. The molecule has 114 valence electrons. The van der Waals surface area contributed by atoms with Crippen molar-refractivity contribution in [2.75, 3.05) is 5.32 Å². The van der Waals surface area contributed by atoms with E-state index in [1.165, 1.54) is 18.2 Å². The number of carbonyl (C=O) groups excluding carboxylic acids is 1. The molecule has 0 saturated heterocycles. The van der Waals surface area contributed by atoms with Crippen LogP contribution in [0.1, 0.15) is 15.9 Å². The fourth-order valence-corrected chi connectivity index (χ4v) is 2.44. The molecule has 0 aromatic heterocycles. The molecular formula is C15H12Cl2N2O2S. The van der Waals surface area contributed by atoms with E-state index in [2.05, 4.69) is 10.6 Å². The molecule has 0 radical (unpaired) electrons. The molecule has 0 saturated carbocycles. The van der Waals surface area contributed by atoms with E-state index in [0.717, 1.165) is 5.56 Å². The molecule has 0 aliphatic carbocycles.